The van der Waals surface area contributed by atoms with Gasteiger partial charge in [0.25, 0.3) is 5.91 Å². The van der Waals surface area contributed by atoms with Gasteiger partial charge in [-0.05, 0) is 42.3 Å². The summed E-state index contributed by atoms with van der Waals surface area (Å²) in [5.41, 5.74) is 2.29. The Morgan fingerprint density at radius 3 is 2.68 bits per heavy atom. The highest BCUT2D eigenvalue weighted by molar-refractivity contribution is 5.97. The fourth-order valence-electron chi connectivity index (χ4n) is 3.44. The summed E-state index contributed by atoms with van der Waals surface area (Å²) in [6.45, 7) is 0.904. The van der Waals surface area contributed by atoms with Crippen molar-refractivity contribution in [3.8, 4) is 5.69 Å². The predicted octanol–water partition coefficient (Wildman–Crippen LogP) is 2.19. The molecular formula is C21H21N5O2. The van der Waals surface area contributed by atoms with E-state index < -0.39 is 0 Å². The molecule has 3 aromatic rings. The van der Waals surface area contributed by atoms with E-state index in [1.165, 1.54) is 0 Å². The largest absolute Gasteiger partial charge is 0.352 e. The van der Waals surface area contributed by atoms with Gasteiger partial charge in [0, 0.05) is 50.3 Å². The van der Waals surface area contributed by atoms with Crippen LogP contribution in [-0.4, -0.2) is 44.1 Å². The Kier molecular flexibility index (Phi) is 5.14. The first-order valence-corrected chi connectivity index (χ1v) is 9.27. The highest BCUT2D eigenvalue weighted by Gasteiger charge is 2.27. The summed E-state index contributed by atoms with van der Waals surface area (Å²) < 4.78 is 1.69. The molecule has 142 valence electrons. The molecule has 1 atom stereocenters. The highest BCUT2D eigenvalue weighted by Crippen LogP contribution is 2.19. The lowest BCUT2D eigenvalue weighted by Crippen LogP contribution is -2.41. The molecule has 1 aromatic carbocycles. The molecule has 0 bridgehead atoms. The van der Waals surface area contributed by atoms with Crippen LogP contribution < -0.4 is 5.32 Å². The monoisotopic (exact) mass is 375 g/mol. The van der Waals surface area contributed by atoms with Gasteiger partial charge in [-0.1, -0.05) is 12.1 Å². The predicted molar refractivity (Wildman–Crippen MR) is 104 cm³/mol. The zero-order valence-electron chi connectivity index (χ0n) is 15.4. The van der Waals surface area contributed by atoms with E-state index in [1.807, 2.05) is 48.7 Å². The summed E-state index contributed by atoms with van der Waals surface area (Å²) in [4.78, 5) is 30.9. The molecule has 1 aliphatic heterocycles. The summed E-state index contributed by atoms with van der Waals surface area (Å²) in [6.07, 6.45) is 8.17. The van der Waals surface area contributed by atoms with Gasteiger partial charge in [0.05, 0.1) is 11.3 Å². The molecule has 4 rings (SSSR count). The third-order valence-electron chi connectivity index (χ3n) is 4.82. The number of hydrogen-bond acceptors (Lipinski definition) is 4. The lowest BCUT2D eigenvalue weighted by Gasteiger charge is -2.27. The Labute approximate surface area is 163 Å². The van der Waals surface area contributed by atoms with Crippen LogP contribution in [0.3, 0.4) is 0 Å². The van der Waals surface area contributed by atoms with E-state index in [2.05, 4.69) is 15.4 Å². The number of nitrogens with one attached hydrogen (secondary N) is 1. The molecule has 0 saturated carbocycles. The van der Waals surface area contributed by atoms with E-state index in [0.717, 1.165) is 17.7 Å². The molecule has 0 aliphatic carbocycles. The van der Waals surface area contributed by atoms with E-state index in [4.69, 9.17) is 0 Å². The van der Waals surface area contributed by atoms with Gasteiger partial charge in [0.1, 0.15) is 0 Å². The minimum Gasteiger partial charge on any atom is -0.352 e. The molecule has 3 heterocycles. The lowest BCUT2D eigenvalue weighted by atomic mass is 10.1. The fraction of sp³-hybridized carbons (Fsp3) is 0.238. The standard InChI is InChI=1S/C21H21N5O2/c27-20-7-6-17(24-20)15-25(14-16-8-11-22-12-9-16)21(28)18-4-1-2-5-19(18)26-13-3-10-23-26/h1-5,8-13,17H,6-7,14-15H2,(H,24,27)/t17-/m0/s1. The Balaban J connectivity index is 1.64. The normalized spacial score (nSPS) is 16.0. The van der Waals surface area contributed by atoms with Crippen LogP contribution in [0.1, 0.15) is 28.8 Å². The van der Waals surface area contributed by atoms with Crippen LogP contribution in [0.5, 0.6) is 0 Å². The molecule has 2 aromatic heterocycles. The summed E-state index contributed by atoms with van der Waals surface area (Å²) in [7, 11) is 0. The van der Waals surface area contributed by atoms with E-state index in [1.54, 1.807) is 28.2 Å². The molecule has 1 fully saturated rings. The van der Waals surface area contributed by atoms with E-state index in [0.29, 0.717) is 25.1 Å². The molecule has 1 N–H and O–H groups in total. The van der Waals surface area contributed by atoms with E-state index in [9.17, 15) is 9.59 Å². The van der Waals surface area contributed by atoms with E-state index in [-0.39, 0.29) is 17.9 Å². The Bertz CT molecular complexity index is 956. The first kappa shape index (κ1) is 17.9. The van der Waals surface area contributed by atoms with Crippen LogP contribution >= 0.6 is 0 Å². The number of pyridine rings is 1. The van der Waals surface area contributed by atoms with Crippen LogP contribution in [-0.2, 0) is 11.3 Å². The average Bonchev–Trinajstić information content (AvgIpc) is 3.40. The van der Waals surface area contributed by atoms with Crippen molar-refractivity contribution >= 4 is 11.8 Å². The second kappa shape index (κ2) is 8.04. The molecule has 0 radical (unpaired) electrons. The van der Waals surface area contributed by atoms with Crippen molar-refractivity contribution in [2.75, 3.05) is 6.54 Å². The van der Waals surface area contributed by atoms with Crippen molar-refractivity contribution < 1.29 is 9.59 Å². The van der Waals surface area contributed by atoms with Crippen LogP contribution in [0.4, 0.5) is 0 Å². The van der Waals surface area contributed by atoms with Gasteiger partial charge in [0.2, 0.25) is 5.91 Å². The second-order valence-corrected chi connectivity index (χ2v) is 6.81. The summed E-state index contributed by atoms with van der Waals surface area (Å²) in [6, 6.07) is 13.0. The number of benzene rings is 1. The zero-order chi connectivity index (χ0) is 19.3. The fourth-order valence-corrected chi connectivity index (χ4v) is 3.44. The van der Waals surface area contributed by atoms with E-state index >= 15 is 0 Å². The third kappa shape index (κ3) is 3.93. The highest BCUT2D eigenvalue weighted by atomic mass is 16.2. The number of carbonyl (C=O) groups is 2. The molecule has 0 spiro atoms. The van der Waals surface area contributed by atoms with Crippen LogP contribution in [0.15, 0.2) is 67.3 Å². The second-order valence-electron chi connectivity index (χ2n) is 6.81. The summed E-state index contributed by atoms with van der Waals surface area (Å²) in [5, 5.41) is 7.22. The Morgan fingerprint density at radius 1 is 1.14 bits per heavy atom. The van der Waals surface area contributed by atoms with Crippen LogP contribution in [0.25, 0.3) is 5.69 Å². The van der Waals surface area contributed by atoms with Gasteiger partial charge in [-0.15, -0.1) is 0 Å². The van der Waals surface area contributed by atoms with Crippen LogP contribution in [0, 0.1) is 0 Å². The van der Waals surface area contributed by atoms with Crippen molar-refractivity contribution in [2.24, 2.45) is 0 Å². The zero-order valence-corrected chi connectivity index (χ0v) is 15.4. The van der Waals surface area contributed by atoms with Gasteiger partial charge in [0.15, 0.2) is 0 Å². The van der Waals surface area contributed by atoms with Gasteiger partial charge in [-0.2, -0.15) is 5.10 Å². The van der Waals surface area contributed by atoms with Crippen molar-refractivity contribution in [1.82, 2.24) is 25.0 Å². The first-order valence-electron chi connectivity index (χ1n) is 9.27. The SMILES string of the molecule is O=C1CC[C@@H](CN(Cc2ccncc2)C(=O)c2ccccc2-n2cccn2)N1. The number of nitrogens with zero attached hydrogens (tertiary/aromatic N) is 4. The number of rotatable bonds is 6. The molecule has 7 heteroatoms. The first-order chi connectivity index (χ1) is 13.7. The number of aromatic nitrogens is 3. The van der Waals surface area contributed by atoms with Crippen molar-refractivity contribution in [3.05, 3.63) is 78.4 Å². The number of hydrogen-bond donors (Lipinski definition) is 1. The summed E-state index contributed by atoms with van der Waals surface area (Å²) >= 11 is 0. The maximum Gasteiger partial charge on any atom is 0.256 e. The maximum absolute atomic E-state index is 13.5. The van der Waals surface area contributed by atoms with Gasteiger partial charge in [-0.3, -0.25) is 14.6 Å². The van der Waals surface area contributed by atoms with Gasteiger partial charge >= 0.3 is 0 Å². The molecule has 28 heavy (non-hydrogen) atoms. The minimum atomic E-state index is -0.0935. The Morgan fingerprint density at radius 2 is 1.96 bits per heavy atom. The number of carbonyl (C=O) groups excluding carboxylic acids is 2. The average molecular weight is 375 g/mol. The Hall–Kier alpha value is -3.48. The number of para-hydroxylation sites is 1. The molecule has 1 aliphatic rings. The molecular weight excluding hydrogens is 354 g/mol. The topological polar surface area (TPSA) is 80.1 Å². The van der Waals surface area contributed by atoms with Crippen molar-refractivity contribution in [1.29, 1.82) is 0 Å². The molecule has 0 unspecified atom stereocenters. The lowest BCUT2D eigenvalue weighted by molar-refractivity contribution is -0.119. The third-order valence-corrected chi connectivity index (χ3v) is 4.82. The van der Waals surface area contributed by atoms with Gasteiger partial charge < -0.3 is 10.2 Å². The number of amides is 2. The van der Waals surface area contributed by atoms with Crippen LogP contribution in [0.2, 0.25) is 0 Å². The maximum atomic E-state index is 13.5. The molecule has 2 amide bonds. The van der Waals surface area contributed by atoms with Crippen molar-refractivity contribution in [2.45, 2.75) is 25.4 Å². The molecule has 7 nitrogen and oxygen atoms in total. The quantitative estimate of drug-likeness (QED) is 0.716. The smallest absolute Gasteiger partial charge is 0.256 e. The summed E-state index contributed by atoms with van der Waals surface area (Å²) in [5.74, 6) is -0.0534. The minimum absolute atomic E-state index is 0.0323. The van der Waals surface area contributed by atoms with Crippen molar-refractivity contribution in [3.63, 3.8) is 0 Å². The molecule has 1 saturated heterocycles. The van der Waals surface area contributed by atoms with Gasteiger partial charge in [-0.25, -0.2) is 4.68 Å².